The Kier molecular flexibility index (Phi) is 9.18. The Morgan fingerprint density at radius 3 is 2.54 bits per heavy atom. The highest BCUT2D eigenvalue weighted by Gasteiger charge is 2.68. The molecule has 11 heteroatoms. The van der Waals surface area contributed by atoms with Gasteiger partial charge in [-0.1, -0.05) is 19.4 Å². The van der Waals surface area contributed by atoms with Crippen molar-refractivity contribution in [2.45, 2.75) is 89.7 Å². The first-order valence-electron chi connectivity index (χ1n) is 14.5. The summed E-state index contributed by atoms with van der Waals surface area (Å²) in [5.41, 5.74) is -2.13. The summed E-state index contributed by atoms with van der Waals surface area (Å²) in [5.74, 6) is -2.83. The number of fused-ring (bicyclic) bond motifs is 5. The van der Waals surface area contributed by atoms with Gasteiger partial charge in [0.25, 0.3) is 0 Å². The summed E-state index contributed by atoms with van der Waals surface area (Å²) in [7, 11) is 0. The fourth-order valence-electron chi connectivity index (χ4n) is 8.16. The average molecular weight is 592 g/mol. The standard InChI is InChI=1S/C30H41NO9S/c1-28-11-8-18(32)14-17(28)4-5-19-20-9-12-30(39,29(20,2)15-22(33)26(19)28)23(34)16-40-25(36)7-6-24(35)31-21(27(37)38)10-13-41-3/h14,19-21,26,39H,4-13,15-16H2,1-3H3,(H,31,35)(H,37,38). The molecule has 0 heterocycles. The fraction of sp³-hybridized carbons (Fsp3) is 0.733. The number of hydrogen-bond donors (Lipinski definition) is 3. The lowest BCUT2D eigenvalue weighted by molar-refractivity contribution is -0.173. The van der Waals surface area contributed by atoms with Crippen LogP contribution >= 0.6 is 11.8 Å². The number of rotatable bonds is 11. The second-order valence-corrected chi connectivity index (χ2v) is 13.6. The lowest BCUT2D eigenvalue weighted by Gasteiger charge is -2.57. The van der Waals surface area contributed by atoms with Crippen molar-refractivity contribution in [1.29, 1.82) is 0 Å². The lowest BCUT2D eigenvalue weighted by atomic mass is 9.46. The number of amides is 1. The Labute approximate surface area is 244 Å². The van der Waals surface area contributed by atoms with Gasteiger partial charge in [-0.3, -0.25) is 24.0 Å². The molecular weight excluding hydrogens is 550 g/mol. The summed E-state index contributed by atoms with van der Waals surface area (Å²) in [5, 5.41) is 23.4. The molecule has 4 rings (SSSR count). The highest BCUT2D eigenvalue weighted by molar-refractivity contribution is 7.98. The molecule has 0 spiro atoms. The van der Waals surface area contributed by atoms with E-state index in [2.05, 4.69) is 12.2 Å². The van der Waals surface area contributed by atoms with Crippen molar-refractivity contribution in [3.05, 3.63) is 11.6 Å². The number of carbonyl (C=O) groups is 6. The third-order valence-electron chi connectivity index (χ3n) is 10.4. The van der Waals surface area contributed by atoms with E-state index in [1.165, 1.54) is 11.8 Å². The Balaban J connectivity index is 1.36. The zero-order valence-electron chi connectivity index (χ0n) is 24.0. The Hall–Kier alpha value is -2.53. The second kappa shape index (κ2) is 12.0. The minimum absolute atomic E-state index is 0.00466. The maximum Gasteiger partial charge on any atom is 0.326 e. The number of aliphatic hydroxyl groups is 1. The van der Waals surface area contributed by atoms with E-state index in [4.69, 9.17) is 4.74 Å². The Bertz CT molecular complexity index is 1170. The maximum atomic E-state index is 13.7. The molecule has 0 aliphatic heterocycles. The molecule has 226 valence electrons. The van der Waals surface area contributed by atoms with E-state index in [0.29, 0.717) is 25.0 Å². The van der Waals surface area contributed by atoms with Gasteiger partial charge in [0.1, 0.15) is 17.4 Å². The van der Waals surface area contributed by atoms with Crippen LogP contribution in [0, 0.1) is 28.6 Å². The molecule has 41 heavy (non-hydrogen) atoms. The molecule has 4 aliphatic rings. The molecule has 3 N–H and O–H groups in total. The number of carbonyl (C=O) groups excluding carboxylic acids is 5. The predicted octanol–water partition coefficient (Wildman–Crippen LogP) is 2.64. The van der Waals surface area contributed by atoms with E-state index in [9.17, 15) is 39.0 Å². The highest BCUT2D eigenvalue weighted by atomic mass is 32.2. The van der Waals surface area contributed by atoms with Gasteiger partial charge >= 0.3 is 11.9 Å². The topological polar surface area (TPSA) is 164 Å². The third kappa shape index (κ3) is 5.76. The van der Waals surface area contributed by atoms with Crippen LogP contribution in [-0.2, 0) is 33.5 Å². The van der Waals surface area contributed by atoms with Gasteiger partial charge in [0.15, 0.2) is 12.4 Å². The summed E-state index contributed by atoms with van der Waals surface area (Å²) in [6.45, 7) is 3.22. The molecule has 0 radical (unpaired) electrons. The van der Waals surface area contributed by atoms with E-state index in [0.717, 1.165) is 18.4 Å². The molecule has 7 unspecified atom stereocenters. The number of nitrogens with one attached hydrogen (secondary N) is 1. The first-order valence-corrected chi connectivity index (χ1v) is 15.8. The monoisotopic (exact) mass is 591 g/mol. The van der Waals surface area contributed by atoms with Gasteiger partial charge in [-0.05, 0) is 73.9 Å². The number of hydrogen-bond acceptors (Lipinski definition) is 9. The molecular formula is C30H41NO9S. The quantitative estimate of drug-likeness (QED) is 0.304. The highest BCUT2D eigenvalue weighted by Crippen LogP contribution is 2.66. The number of Topliss-reactive ketones (excluding diaryl/α,β-unsaturated/α-hetero) is 2. The number of ketones is 3. The number of ether oxygens (including phenoxy) is 1. The lowest BCUT2D eigenvalue weighted by Crippen LogP contribution is -2.61. The minimum Gasteiger partial charge on any atom is -0.480 e. The van der Waals surface area contributed by atoms with Gasteiger partial charge in [0.2, 0.25) is 11.7 Å². The smallest absolute Gasteiger partial charge is 0.326 e. The summed E-state index contributed by atoms with van der Waals surface area (Å²) in [6.07, 6.45) is 6.49. The van der Waals surface area contributed by atoms with Gasteiger partial charge in [0.05, 0.1) is 6.42 Å². The van der Waals surface area contributed by atoms with Crippen LogP contribution in [0.15, 0.2) is 11.6 Å². The average Bonchev–Trinajstić information content (AvgIpc) is 3.19. The van der Waals surface area contributed by atoms with Crippen molar-refractivity contribution in [1.82, 2.24) is 5.32 Å². The van der Waals surface area contributed by atoms with Gasteiger partial charge in [-0.25, -0.2) is 4.79 Å². The van der Waals surface area contributed by atoms with Gasteiger partial charge in [0, 0.05) is 30.6 Å². The second-order valence-electron chi connectivity index (χ2n) is 12.6. The van der Waals surface area contributed by atoms with Crippen LogP contribution in [0.3, 0.4) is 0 Å². The first kappa shape index (κ1) is 31.4. The summed E-state index contributed by atoms with van der Waals surface area (Å²) >= 11 is 1.46. The number of aliphatic carboxylic acids is 1. The van der Waals surface area contributed by atoms with E-state index in [1.807, 2.05) is 6.26 Å². The zero-order chi connectivity index (χ0) is 30.2. The van der Waals surface area contributed by atoms with Crippen molar-refractivity contribution in [2.24, 2.45) is 28.6 Å². The molecule has 3 fully saturated rings. The van der Waals surface area contributed by atoms with E-state index in [1.54, 1.807) is 13.0 Å². The van der Waals surface area contributed by atoms with Crippen LogP contribution < -0.4 is 5.32 Å². The molecule has 10 nitrogen and oxygen atoms in total. The molecule has 0 aromatic carbocycles. The van der Waals surface area contributed by atoms with Crippen LogP contribution in [-0.4, -0.2) is 75.7 Å². The van der Waals surface area contributed by atoms with Crippen LogP contribution in [0.5, 0.6) is 0 Å². The first-order chi connectivity index (χ1) is 19.3. The summed E-state index contributed by atoms with van der Waals surface area (Å²) in [6, 6.07) is -1.05. The van der Waals surface area contributed by atoms with Gasteiger partial charge in [-0.2, -0.15) is 11.8 Å². The predicted molar refractivity (Wildman–Crippen MR) is 150 cm³/mol. The van der Waals surface area contributed by atoms with Gasteiger partial charge in [-0.15, -0.1) is 0 Å². The van der Waals surface area contributed by atoms with Crippen molar-refractivity contribution < 1.29 is 43.7 Å². The molecule has 1 amide bonds. The van der Waals surface area contributed by atoms with Crippen LogP contribution in [0.25, 0.3) is 0 Å². The van der Waals surface area contributed by atoms with E-state index >= 15 is 0 Å². The number of thioether (sulfide) groups is 1. The van der Waals surface area contributed by atoms with E-state index in [-0.39, 0.29) is 66.8 Å². The van der Waals surface area contributed by atoms with Crippen molar-refractivity contribution in [2.75, 3.05) is 18.6 Å². The Morgan fingerprint density at radius 2 is 1.85 bits per heavy atom. The van der Waals surface area contributed by atoms with E-state index < -0.39 is 47.3 Å². The molecule has 0 aromatic rings. The van der Waals surface area contributed by atoms with Crippen molar-refractivity contribution in [3.63, 3.8) is 0 Å². The number of esters is 1. The van der Waals surface area contributed by atoms with Gasteiger partial charge < -0.3 is 20.3 Å². The van der Waals surface area contributed by atoms with Crippen LogP contribution in [0.2, 0.25) is 0 Å². The van der Waals surface area contributed by atoms with Crippen molar-refractivity contribution >= 4 is 47.0 Å². The summed E-state index contributed by atoms with van der Waals surface area (Å²) in [4.78, 5) is 74.9. The maximum absolute atomic E-state index is 13.7. The molecule has 7 atom stereocenters. The van der Waals surface area contributed by atoms with Crippen LogP contribution in [0.1, 0.15) is 78.1 Å². The molecule has 3 saturated carbocycles. The molecule has 0 bridgehead atoms. The minimum atomic E-state index is -1.82. The fourth-order valence-corrected chi connectivity index (χ4v) is 8.63. The zero-order valence-corrected chi connectivity index (χ0v) is 24.8. The SMILES string of the molecule is CSCCC(NC(=O)CCC(=O)OCC(=O)C1(O)CCC2C3CCC4=CC(=O)CCC4(C)C3C(=O)CC21C)C(=O)O. The molecule has 0 saturated heterocycles. The number of carboxylic acids is 1. The number of allylic oxidation sites excluding steroid dienone is 1. The Morgan fingerprint density at radius 1 is 1.12 bits per heavy atom. The third-order valence-corrected chi connectivity index (χ3v) is 11.1. The summed E-state index contributed by atoms with van der Waals surface area (Å²) < 4.78 is 5.13. The molecule has 4 aliphatic carbocycles. The molecule has 0 aromatic heterocycles. The van der Waals surface area contributed by atoms with Crippen molar-refractivity contribution in [3.8, 4) is 0 Å². The number of carboxylic acid groups (broad SMARTS) is 1. The normalized spacial score (nSPS) is 34.9. The van der Waals surface area contributed by atoms with Crippen LogP contribution in [0.4, 0.5) is 0 Å². The largest absolute Gasteiger partial charge is 0.480 e.